The van der Waals surface area contributed by atoms with E-state index < -0.39 is 12.1 Å². The van der Waals surface area contributed by atoms with Gasteiger partial charge in [0.15, 0.2) is 12.7 Å². The Balaban J connectivity index is 2.43. The van der Waals surface area contributed by atoms with Crippen molar-refractivity contribution in [3.63, 3.8) is 0 Å². The number of carbonyl (C=O) groups is 2. The van der Waals surface area contributed by atoms with Crippen LogP contribution in [0.3, 0.4) is 0 Å². The molecule has 112 valence electrons. The molecule has 0 aliphatic heterocycles. The van der Waals surface area contributed by atoms with Gasteiger partial charge in [0.05, 0.1) is 11.6 Å². The number of nitrogens with zero attached hydrogens (tertiary/aromatic N) is 1. The van der Waals surface area contributed by atoms with E-state index in [1.807, 2.05) is 19.9 Å². The van der Waals surface area contributed by atoms with Crippen molar-refractivity contribution >= 4 is 11.9 Å². The number of amides is 1. The number of hydrogen-bond acceptors (Lipinski definition) is 5. The van der Waals surface area contributed by atoms with Crippen molar-refractivity contribution in [3.05, 3.63) is 29.8 Å². The number of benzene rings is 1. The van der Waals surface area contributed by atoms with Crippen LogP contribution in [0.4, 0.5) is 0 Å². The summed E-state index contributed by atoms with van der Waals surface area (Å²) >= 11 is 0. The van der Waals surface area contributed by atoms with E-state index in [-0.39, 0.29) is 18.6 Å². The van der Waals surface area contributed by atoms with Crippen LogP contribution in [0.1, 0.15) is 26.3 Å². The Labute approximate surface area is 123 Å². The van der Waals surface area contributed by atoms with E-state index in [2.05, 4.69) is 5.32 Å². The molecule has 1 aromatic carbocycles. The molecule has 0 bridgehead atoms. The second kappa shape index (κ2) is 7.90. The fraction of sp³-hybridized carbons (Fsp3) is 0.400. The van der Waals surface area contributed by atoms with Crippen LogP contribution in [-0.2, 0) is 14.3 Å². The van der Waals surface area contributed by atoms with Gasteiger partial charge in [0.25, 0.3) is 5.91 Å². The first-order chi connectivity index (χ1) is 9.92. The molecule has 0 saturated heterocycles. The van der Waals surface area contributed by atoms with Gasteiger partial charge in [-0.1, -0.05) is 0 Å². The van der Waals surface area contributed by atoms with Crippen molar-refractivity contribution in [2.45, 2.75) is 32.9 Å². The minimum absolute atomic E-state index is 0.0106. The maximum Gasteiger partial charge on any atom is 0.347 e. The summed E-state index contributed by atoms with van der Waals surface area (Å²) in [4.78, 5) is 23.0. The first-order valence-electron chi connectivity index (χ1n) is 6.55. The van der Waals surface area contributed by atoms with Crippen molar-refractivity contribution in [1.82, 2.24) is 5.32 Å². The summed E-state index contributed by atoms with van der Waals surface area (Å²) in [5.41, 5.74) is 0.503. The second-order valence-electron chi connectivity index (χ2n) is 4.73. The number of hydrogen-bond donors (Lipinski definition) is 1. The molecule has 21 heavy (non-hydrogen) atoms. The molecule has 1 N–H and O–H groups in total. The standard InChI is InChI=1S/C15H18N2O4/c1-10(2)17-14(18)9-20-15(19)11(3)21-13-6-4-12(8-16)5-7-13/h4-7,10-11H,9H2,1-3H3,(H,17,18)/t11-/m1/s1. The first-order valence-corrected chi connectivity index (χ1v) is 6.55. The highest BCUT2D eigenvalue weighted by molar-refractivity contribution is 5.82. The zero-order valence-corrected chi connectivity index (χ0v) is 12.3. The molecule has 6 heteroatoms. The quantitative estimate of drug-likeness (QED) is 0.800. The van der Waals surface area contributed by atoms with E-state index in [9.17, 15) is 9.59 Å². The monoisotopic (exact) mass is 290 g/mol. The third-order valence-electron chi connectivity index (χ3n) is 2.42. The van der Waals surface area contributed by atoms with Gasteiger partial charge in [-0.2, -0.15) is 5.26 Å². The van der Waals surface area contributed by atoms with E-state index in [4.69, 9.17) is 14.7 Å². The fourth-order valence-electron chi connectivity index (χ4n) is 1.48. The van der Waals surface area contributed by atoms with Gasteiger partial charge in [-0.3, -0.25) is 4.79 Å². The molecule has 0 aliphatic carbocycles. The molecule has 0 saturated carbocycles. The Morgan fingerprint density at radius 1 is 1.24 bits per heavy atom. The predicted octanol–water partition coefficient (Wildman–Crippen LogP) is 1.39. The van der Waals surface area contributed by atoms with E-state index in [0.29, 0.717) is 11.3 Å². The second-order valence-corrected chi connectivity index (χ2v) is 4.73. The van der Waals surface area contributed by atoms with Gasteiger partial charge in [0, 0.05) is 6.04 Å². The number of carbonyl (C=O) groups excluding carboxylic acids is 2. The number of esters is 1. The lowest BCUT2D eigenvalue weighted by atomic mass is 10.2. The Bertz CT molecular complexity index is 532. The molecule has 0 radical (unpaired) electrons. The molecule has 0 fully saturated rings. The molecule has 6 nitrogen and oxygen atoms in total. The van der Waals surface area contributed by atoms with Gasteiger partial charge in [-0.25, -0.2) is 4.79 Å². The Morgan fingerprint density at radius 3 is 2.38 bits per heavy atom. The lowest BCUT2D eigenvalue weighted by Crippen LogP contribution is -2.36. The molecular weight excluding hydrogens is 272 g/mol. The van der Waals surface area contributed by atoms with Crippen molar-refractivity contribution in [3.8, 4) is 11.8 Å². The molecule has 0 unspecified atom stereocenters. The molecule has 0 aromatic heterocycles. The molecule has 1 amide bonds. The van der Waals surface area contributed by atoms with E-state index >= 15 is 0 Å². The Hall–Kier alpha value is -2.55. The third-order valence-corrected chi connectivity index (χ3v) is 2.42. The maximum absolute atomic E-state index is 11.7. The van der Waals surface area contributed by atoms with E-state index in [1.165, 1.54) is 6.92 Å². The summed E-state index contributed by atoms with van der Waals surface area (Å²) < 4.78 is 10.2. The normalized spacial score (nSPS) is 11.4. The van der Waals surface area contributed by atoms with Gasteiger partial charge >= 0.3 is 5.97 Å². The highest BCUT2D eigenvalue weighted by atomic mass is 16.6. The molecule has 0 spiro atoms. The Morgan fingerprint density at radius 2 is 1.86 bits per heavy atom. The number of ether oxygens (including phenoxy) is 2. The van der Waals surface area contributed by atoms with Crippen LogP contribution in [0.25, 0.3) is 0 Å². The topological polar surface area (TPSA) is 88.4 Å². The summed E-state index contributed by atoms with van der Waals surface area (Å²) in [6.45, 7) is 4.83. The van der Waals surface area contributed by atoms with Crippen molar-refractivity contribution in [2.24, 2.45) is 0 Å². The highest BCUT2D eigenvalue weighted by Gasteiger charge is 2.18. The minimum atomic E-state index is -0.843. The van der Waals surface area contributed by atoms with Crippen molar-refractivity contribution < 1.29 is 19.1 Å². The first kappa shape index (κ1) is 16.5. The SMILES string of the molecule is CC(C)NC(=O)COC(=O)[C@@H](C)Oc1ccc(C#N)cc1. The van der Waals surface area contributed by atoms with Gasteiger partial charge in [0.1, 0.15) is 5.75 Å². The van der Waals surface area contributed by atoms with Crippen LogP contribution in [0.15, 0.2) is 24.3 Å². The number of nitrogens with one attached hydrogen (secondary N) is 1. The molecular formula is C15H18N2O4. The number of rotatable bonds is 6. The average Bonchev–Trinajstić information content (AvgIpc) is 2.44. The third kappa shape index (κ3) is 5.95. The minimum Gasteiger partial charge on any atom is -0.479 e. The summed E-state index contributed by atoms with van der Waals surface area (Å²) in [6, 6.07) is 8.33. The van der Waals surface area contributed by atoms with Gasteiger partial charge in [0.2, 0.25) is 0 Å². The fourth-order valence-corrected chi connectivity index (χ4v) is 1.48. The van der Waals surface area contributed by atoms with Crippen LogP contribution in [0.2, 0.25) is 0 Å². The molecule has 0 aliphatic rings. The largest absolute Gasteiger partial charge is 0.479 e. The van der Waals surface area contributed by atoms with Crippen LogP contribution in [-0.4, -0.2) is 30.6 Å². The Kier molecular flexibility index (Phi) is 6.21. The van der Waals surface area contributed by atoms with E-state index in [1.54, 1.807) is 24.3 Å². The predicted molar refractivity (Wildman–Crippen MR) is 75.5 cm³/mol. The average molecular weight is 290 g/mol. The zero-order valence-electron chi connectivity index (χ0n) is 12.3. The summed E-state index contributed by atoms with van der Waals surface area (Å²) in [6.07, 6.45) is -0.843. The zero-order chi connectivity index (χ0) is 15.8. The lowest BCUT2D eigenvalue weighted by molar-refractivity contribution is -0.154. The molecule has 1 atom stereocenters. The smallest absolute Gasteiger partial charge is 0.347 e. The van der Waals surface area contributed by atoms with Gasteiger partial charge < -0.3 is 14.8 Å². The van der Waals surface area contributed by atoms with Crippen LogP contribution in [0, 0.1) is 11.3 Å². The molecule has 1 aromatic rings. The van der Waals surface area contributed by atoms with Crippen LogP contribution < -0.4 is 10.1 Å². The molecule has 1 rings (SSSR count). The van der Waals surface area contributed by atoms with E-state index in [0.717, 1.165) is 0 Å². The van der Waals surface area contributed by atoms with Crippen LogP contribution in [0.5, 0.6) is 5.75 Å². The van der Waals surface area contributed by atoms with Gasteiger partial charge in [-0.05, 0) is 45.0 Å². The van der Waals surface area contributed by atoms with Crippen LogP contribution >= 0.6 is 0 Å². The summed E-state index contributed by atoms with van der Waals surface area (Å²) in [5, 5.41) is 11.3. The summed E-state index contributed by atoms with van der Waals surface area (Å²) in [5.74, 6) is -0.535. The lowest BCUT2D eigenvalue weighted by Gasteiger charge is -2.14. The van der Waals surface area contributed by atoms with Crippen molar-refractivity contribution in [1.29, 1.82) is 5.26 Å². The molecule has 0 heterocycles. The number of nitriles is 1. The van der Waals surface area contributed by atoms with Gasteiger partial charge in [-0.15, -0.1) is 0 Å². The highest BCUT2D eigenvalue weighted by Crippen LogP contribution is 2.13. The van der Waals surface area contributed by atoms with Crippen molar-refractivity contribution in [2.75, 3.05) is 6.61 Å². The summed E-state index contributed by atoms with van der Waals surface area (Å²) in [7, 11) is 0. The maximum atomic E-state index is 11.7.